The van der Waals surface area contributed by atoms with Crippen molar-refractivity contribution < 1.29 is 17.9 Å². The second-order valence-electron chi connectivity index (χ2n) is 4.35. The number of nitrogens with one attached hydrogen (secondary N) is 1. The fourth-order valence-electron chi connectivity index (χ4n) is 1.65. The van der Waals surface area contributed by atoms with E-state index in [1.165, 1.54) is 12.1 Å². The van der Waals surface area contributed by atoms with Gasteiger partial charge in [0.1, 0.15) is 0 Å². The van der Waals surface area contributed by atoms with Crippen molar-refractivity contribution in [3.63, 3.8) is 0 Å². The van der Waals surface area contributed by atoms with E-state index in [9.17, 15) is 13.2 Å². The van der Waals surface area contributed by atoms with Gasteiger partial charge in [-0.25, -0.2) is 0 Å². The monoisotopic (exact) mass is 261 g/mol. The van der Waals surface area contributed by atoms with E-state index in [1.54, 1.807) is 7.05 Å². The predicted molar refractivity (Wildman–Crippen MR) is 64.3 cm³/mol. The highest BCUT2D eigenvalue weighted by molar-refractivity contribution is 5.26. The van der Waals surface area contributed by atoms with Crippen LogP contribution in [-0.4, -0.2) is 19.7 Å². The van der Waals surface area contributed by atoms with E-state index in [2.05, 4.69) is 5.32 Å². The van der Waals surface area contributed by atoms with Crippen LogP contribution in [0.2, 0.25) is 0 Å². The lowest BCUT2D eigenvalue weighted by Crippen LogP contribution is -2.22. The van der Waals surface area contributed by atoms with Gasteiger partial charge in [0.2, 0.25) is 0 Å². The molecule has 2 nitrogen and oxygen atoms in total. The Morgan fingerprint density at radius 1 is 1.17 bits per heavy atom. The van der Waals surface area contributed by atoms with Crippen molar-refractivity contribution in [3.8, 4) is 0 Å². The van der Waals surface area contributed by atoms with Crippen LogP contribution in [0.4, 0.5) is 13.2 Å². The van der Waals surface area contributed by atoms with Gasteiger partial charge in [0.15, 0.2) is 0 Å². The standard InChI is InChI=1S/C13H18F3NO/c1-9(2)18-12(8-17-3)10-4-6-11(7-5-10)13(14,15)16/h4-7,9,12,17H,8H2,1-3H3/t12-/m1/s1. The first-order valence-electron chi connectivity index (χ1n) is 5.81. The van der Waals surface area contributed by atoms with Crippen molar-refractivity contribution in [2.24, 2.45) is 0 Å². The summed E-state index contributed by atoms with van der Waals surface area (Å²) in [5, 5.41) is 2.97. The Kier molecular flexibility index (Phi) is 5.16. The summed E-state index contributed by atoms with van der Waals surface area (Å²) in [6.07, 6.45) is -4.52. The number of hydrogen-bond acceptors (Lipinski definition) is 2. The average Bonchev–Trinajstić information content (AvgIpc) is 2.27. The molecule has 1 atom stereocenters. The van der Waals surface area contributed by atoms with Crippen molar-refractivity contribution in [1.29, 1.82) is 0 Å². The zero-order valence-corrected chi connectivity index (χ0v) is 10.7. The lowest BCUT2D eigenvalue weighted by molar-refractivity contribution is -0.137. The number of benzene rings is 1. The molecule has 0 aliphatic rings. The Hall–Kier alpha value is -1.07. The van der Waals surface area contributed by atoms with Gasteiger partial charge in [0, 0.05) is 6.54 Å². The third kappa shape index (κ3) is 4.31. The third-order valence-electron chi connectivity index (χ3n) is 2.44. The molecule has 0 amide bonds. The SMILES string of the molecule is CNC[C@@H](OC(C)C)c1ccc(C(F)(F)F)cc1. The maximum atomic E-state index is 12.4. The minimum Gasteiger partial charge on any atom is -0.370 e. The van der Waals surface area contributed by atoms with Crippen molar-refractivity contribution >= 4 is 0 Å². The van der Waals surface area contributed by atoms with E-state index < -0.39 is 11.7 Å². The number of hydrogen-bond donors (Lipinski definition) is 1. The van der Waals surface area contributed by atoms with Gasteiger partial charge in [-0.1, -0.05) is 12.1 Å². The van der Waals surface area contributed by atoms with Crippen LogP contribution in [0.3, 0.4) is 0 Å². The second-order valence-corrected chi connectivity index (χ2v) is 4.35. The zero-order chi connectivity index (χ0) is 13.8. The molecule has 1 N–H and O–H groups in total. The van der Waals surface area contributed by atoms with Crippen molar-refractivity contribution in [1.82, 2.24) is 5.32 Å². The number of ether oxygens (including phenoxy) is 1. The number of halogens is 3. The number of likely N-dealkylation sites (N-methyl/N-ethyl adjacent to an activating group) is 1. The molecule has 0 saturated carbocycles. The first-order valence-corrected chi connectivity index (χ1v) is 5.81. The van der Waals surface area contributed by atoms with Crippen LogP contribution in [0.1, 0.15) is 31.1 Å². The van der Waals surface area contributed by atoms with E-state index in [1.807, 2.05) is 13.8 Å². The second kappa shape index (κ2) is 6.20. The van der Waals surface area contributed by atoms with Crippen LogP contribution in [0, 0.1) is 0 Å². The summed E-state index contributed by atoms with van der Waals surface area (Å²) in [6, 6.07) is 5.10. The fourth-order valence-corrected chi connectivity index (χ4v) is 1.65. The summed E-state index contributed by atoms with van der Waals surface area (Å²) in [5.41, 5.74) is 0.102. The molecule has 0 aromatic heterocycles. The summed E-state index contributed by atoms with van der Waals surface area (Å²) < 4.78 is 43.0. The van der Waals surface area contributed by atoms with Crippen LogP contribution >= 0.6 is 0 Å². The number of rotatable bonds is 5. The molecule has 0 unspecified atom stereocenters. The van der Waals surface area contributed by atoms with Crippen molar-refractivity contribution in [2.45, 2.75) is 32.2 Å². The molecular weight excluding hydrogens is 243 g/mol. The van der Waals surface area contributed by atoms with E-state index in [4.69, 9.17) is 4.74 Å². The van der Waals surface area contributed by atoms with Gasteiger partial charge in [0.05, 0.1) is 17.8 Å². The summed E-state index contributed by atoms with van der Waals surface area (Å²) >= 11 is 0. The Morgan fingerprint density at radius 3 is 2.11 bits per heavy atom. The van der Waals surface area contributed by atoms with Crippen LogP contribution in [0.25, 0.3) is 0 Å². The molecule has 0 saturated heterocycles. The molecule has 1 rings (SSSR count). The largest absolute Gasteiger partial charge is 0.416 e. The van der Waals surface area contributed by atoms with E-state index in [0.717, 1.165) is 17.7 Å². The average molecular weight is 261 g/mol. The molecule has 102 valence electrons. The molecular formula is C13H18F3NO. The summed E-state index contributed by atoms with van der Waals surface area (Å²) in [7, 11) is 1.78. The normalized spacial score (nSPS) is 13.9. The Morgan fingerprint density at radius 2 is 1.72 bits per heavy atom. The zero-order valence-electron chi connectivity index (χ0n) is 10.7. The van der Waals surface area contributed by atoms with Gasteiger partial charge < -0.3 is 10.1 Å². The van der Waals surface area contributed by atoms with Crippen molar-refractivity contribution in [3.05, 3.63) is 35.4 Å². The minimum absolute atomic E-state index is 0.0191. The predicted octanol–water partition coefficient (Wildman–Crippen LogP) is 3.39. The minimum atomic E-state index is -4.30. The molecule has 1 aromatic carbocycles. The summed E-state index contributed by atoms with van der Waals surface area (Å²) in [5.74, 6) is 0. The van der Waals surface area contributed by atoms with E-state index in [0.29, 0.717) is 6.54 Å². The summed E-state index contributed by atoms with van der Waals surface area (Å²) in [6.45, 7) is 4.35. The number of alkyl halides is 3. The van der Waals surface area contributed by atoms with Crippen molar-refractivity contribution in [2.75, 3.05) is 13.6 Å². The molecule has 0 radical (unpaired) electrons. The van der Waals surface area contributed by atoms with Gasteiger partial charge in [-0.3, -0.25) is 0 Å². The van der Waals surface area contributed by atoms with Gasteiger partial charge in [-0.05, 0) is 38.6 Å². The van der Waals surface area contributed by atoms with Crippen LogP contribution in [0.5, 0.6) is 0 Å². The maximum absolute atomic E-state index is 12.4. The molecule has 0 aliphatic carbocycles. The van der Waals surface area contributed by atoms with E-state index in [-0.39, 0.29) is 12.2 Å². The molecule has 1 aromatic rings. The lowest BCUT2D eigenvalue weighted by atomic mass is 10.1. The highest BCUT2D eigenvalue weighted by atomic mass is 19.4. The first-order chi connectivity index (χ1) is 8.34. The smallest absolute Gasteiger partial charge is 0.370 e. The van der Waals surface area contributed by atoms with Crippen LogP contribution < -0.4 is 5.32 Å². The molecule has 0 bridgehead atoms. The molecule has 5 heteroatoms. The van der Waals surface area contributed by atoms with Crippen LogP contribution in [-0.2, 0) is 10.9 Å². The van der Waals surface area contributed by atoms with Gasteiger partial charge in [-0.2, -0.15) is 13.2 Å². The fraction of sp³-hybridized carbons (Fsp3) is 0.538. The molecule has 0 heterocycles. The van der Waals surface area contributed by atoms with Gasteiger partial charge in [-0.15, -0.1) is 0 Å². The van der Waals surface area contributed by atoms with Gasteiger partial charge >= 0.3 is 6.18 Å². The Labute approximate surface area is 105 Å². The topological polar surface area (TPSA) is 21.3 Å². The van der Waals surface area contributed by atoms with Gasteiger partial charge in [0.25, 0.3) is 0 Å². The molecule has 0 fully saturated rings. The Balaban J connectivity index is 2.86. The Bertz CT molecular complexity index is 359. The quantitative estimate of drug-likeness (QED) is 0.877. The van der Waals surface area contributed by atoms with Crippen LogP contribution in [0.15, 0.2) is 24.3 Å². The molecule has 0 spiro atoms. The molecule has 0 aliphatic heterocycles. The lowest BCUT2D eigenvalue weighted by Gasteiger charge is -2.21. The summed E-state index contributed by atoms with van der Waals surface area (Å²) in [4.78, 5) is 0. The highest BCUT2D eigenvalue weighted by Crippen LogP contribution is 2.30. The first kappa shape index (κ1) is 15.0. The maximum Gasteiger partial charge on any atom is 0.416 e. The molecule has 18 heavy (non-hydrogen) atoms. The van der Waals surface area contributed by atoms with E-state index >= 15 is 0 Å². The highest BCUT2D eigenvalue weighted by Gasteiger charge is 2.30. The third-order valence-corrected chi connectivity index (χ3v) is 2.44.